The minimum absolute atomic E-state index is 0.108. The van der Waals surface area contributed by atoms with Crippen molar-refractivity contribution >= 4 is 0 Å². The van der Waals surface area contributed by atoms with Gasteiger partial charge in [-0.1, -0.05) is 6.42 Å². The van der Waals surface area contributed by atoms with Crippen molar-refractivity contribution in [2.24, 2.45) is 5.92 Å². The highest BCUT2D eigenvalue weighted by Gasteiger charge is 2.26. The van der Waals surface area contributed by atoms with Crippen molar-refractivity contribution in [2.45, 2.75) is 31.8 Å². The standard InChI is InChI=1S/C16H22N2O3/c1-19-14-8-16(21-3)15(20-2)7-12(14)10-18-13-6-4-5-11(13)9-17/h7-8,11,13,18H,4-6,10H2,1-3H3. The molecule has 0 aliphatic heterocycles. The molecule has 0 heterocycles. The molecule has 1 aromatic carbocycles. The van der Waals surface area contributed by atoms with E-state index in [-0.39, 0.29) is 12.0 Å². The van der Waals surface area contributed by atoms with E-state index in [2.05, 4.69) is 11.4 Å². The smallest absolute Gasteiger partial charge is 0.164 e. The predicted molar refractivity (Wildman–Crippen MR) is 79.7 cm³/mol. The maximum Gasteiger partial charge on any atom is 0.164 e. The second-order valence-corrected chi connectivity index (χ2v) is 5.17. The van der Waals surface area contributed by atoms with E-state index >= 15 is 0 Å². The first kappa shape index (κ1) is 15.5. The van der Waals surface area contributed by atoms with Crippen LogP contribution in [0.25, 0.3) is 0 Å². The lowest BCUT2D eigenvalue weighted by atomic mass is 10.1. The number of methoxy groups -OCH3 is 3. The summed E-state index contributed by atoms with van der Waals surface area (Å²) in [5.74, 6) is 2.19. The van der Waals surface area contributed by atoms with Gasteiger partial charge in [-0.3, -0.25) is 0 Å². The first-order valence-electron chi connectivity index (χ1n) is 7.15. The Bertz CT molecular complexity index is 525. The molecule has 1 aliphatic rings. The fraction of sp³-hybridized carbons (Fsp3) is 0.562. The van der Waals surface area contributed by atoms with E-state index in [0.29, 0.717) is 18.0 Å². The third kappa shape index (κ3) is 3.40. The van der Waals surface area contributed by atoms with Crippen LogP contribution >= 0.6 is 0 Å². The molecule has 1 aromatic rings. The van der Waals surface area contributed by atoms with Crippen LogP contribution < -0.4 is 19.5 Å². The Morgan fingerprint density at radius 3 is 2.38 bits per heavy atom. The van der Waals surface area contributed by atoms with Crippen LogP contribution in [-0.4, -0.2) is 27.4 Å². The molecule has 2 atom stereocenters. The summed E-state index contributed by atoms with van der Waals surface area (Å²) in [7, 11) is 4.86. The molecule has 21 heavy (non-hydrogen) atoms. The van der Waals surface area contributed by atoms with Crippen LogP contribution in [0.5, 0.6) is 17.2 Å². The second-order valence-electron chi connectivity index (χ2n) is 5.17. The van der Waals surface area contributed by atoms with Gasteiger partial charge in [-0.25, -0.2) is 0 Å². The molecule has 1 aliphatic carbocycles. The molecule has 0 radical (unpaired) electrons. The number of nitrogens with one attached hydrogen (secondary N) is 1. The van der Waals surface area contributed by atoms with Crippen LogP contribution in [0.3, 0.4) is 0 Å². The summed E-state index contributed by atoms with van der Waals surface area (Å²) in [6.07, 6.45) is 3.14. The van der Waals surface area contributed by atoms with Gasteiger partial charge < -0.3 is 19.5 Å². The SMILES string of the molecule is COc1cc(OC)c(OC)cc1CNC1CCCC1C#N. The van der Waals surface area contributed by atoms with E-state index < -0.39 is 0 Å². The highest BCUT2D eigenvalue weighted by atomic mass is 16.5. The van der Waals surface area contributed by atoms with E-state index in [1.165, 1.54) is 0 Å². The average molecular weight is 290 g/mol. The van der Waals surface area contributed by atoms with Gasteiger partial charge in [-0.2, -0.15) is 5.26 Å². The highest BCUT2D eigenvalue weighted by molar-refractivity contribution is 5.50. The summed E-state index contributed by atoms with van der Waals surface area (Å²) in [4.78, 5) is 0. The third-order valence-corrected chi connectivity index (χ3v) is 4.02. The molecule has 0 spiro atoms. The molecule has 1 saturated carbocycles. The van der Waals surface area contributed by atoms with E-state index in [9.17, 15) is 0 Å². The van der Waals surface area contributed by atoms with Crippen LogP contribution in [0.4, 0.5) is 0 Å². The number of benzene rings is 1. The first-order chi connectivity index (χ1) is 10.2. The van der Waals surface area contributed by atoms with Gasteiger partial charge in [-0.15, -0.1) is 0 Å². The molecular formula is C16H22N2O3. The predicted octanol–water partition coefficient (Wildman–Crippen LogP) is 2.49. The molecule has 2 rings (SSSR count). The van der Waals surface area contributed by atoms with Gasteiger partial charge in [0, 0.05) is 24.2 Å². The number of rotatable bonds is 6. The Morgan fingerprint density at radius 2 is 1.76 bits per heavy atom. The zero-order chi connectivity index (χ0) is 15.2. The van der Waals surface area contributed by atoms with Gasteiger partial charge in [0.05, 0.1) is 33.3 Å². The normalized spacial score (nSPS) is 20.9. The zero-order valence-electron chi connectivity index (χ0n) is 12.8. The minimum atomic E-state index is 0.108. The maximum absolute atomic E-state index is 9.13. The topological polar surface area (TPSA) is 63.5 Å². The summed E-state index contributed by atoms with van der Waals surface area (Å²) >= 11 is 0. The Kier molecular flexibility index (Phi) is 5.29. The Morgan fingerprint density at radius 1 is 1.10 bits per heavy atom. The molecule has 1 N–H and O–H groups in total. The average Bonchev–Trinajstić information content (AvgIpc) is 2.99. The lowest BCUT2D eigenvalue weighted by molar-refractivity contribution is 0.346. The van der Waals surface area contributed by atoms with Gasteiger partial charge in [0.1, 0.15) is 5.75 Å². The molecule has 5 nitrogen and oxygen atoms in total. The molecule has 5 heteroatoms. The summed E-state index contributed by atoms with van der Waals surface area (Å²) in [6.45, 7) is 0.645. The van der Waals surface area contributed by atoms with E-state index in [4.69, 9.17) is 19.5 Å². The van der Waals surface area contributed by atoms with Crippen molar-refractivity contribution in [1.82, 2.24) is 5.32 Å². The quantitative estimate of drug-likeness (QED) is 0.872. The Labute approximate surface area is 125 Å². The van der Waals surface area contributed by atoms with Crippen molar-refractivity contribution < 1.29 is 14.2 Å². The molecule has 0 saturated heterocycles. The van der Waals surface area contributed by atoms with Gasteiger partial charge in [0.15, 0.2) is 11.5 Å². The van der Waals surface area contributed by atoms with Gasteiger partial charge in [-0.05, 0) is 18.9 Å². The van der Waals surface area contributed by atoms with Gasteiger partial charge in [0.25, 0.3) is 0 Å². The van der Waals surface area contributed by atoms with Crippen molar-refractivity contribution in [3.63, 3.8) is 0 Å². The van der Waals surface area contributed by atoms with Crippen molar-refractivity contribution in [2.75, 3.05) is 21.3 Å². The molecule has 2 unspecified atom stereocenters. The van der Waals surface area contributed by atoms with Crippen LogP contribution in [0, 0.1) is 17.2 Å². The van der Waals surface area contributed by atoms with Crippen LogP contribution in [0.2, 0.25) is 0 Å². The maximum atomic E-state index is 9.13. The van der Waals surface area contributed by atoms with Gasteiger partial charge >= 0.3 is 0 Å². The molecular weight excluding hydrogens is 268 g/mol. The van der Waals surface area contributed by atoms with E-state index in [1.54, 1.807) is 21.3 Å². The summed E-state index contributed by atoms with van der Waals surface area (Å²) in [5.41, 5.74) is 0.999. The summed E-state index contributed by atoms with van der Waals surface area (Å²) < 4.78 is 16.0. The molecule has 114 valence electrons. The number of nitriles is 1. The fourth-order valence-electron chi connectivity index (χ4n) is 2.83. The van der Waals surface area contributed by atoms with E-state index in [0.717, 1.165) is 30.6 Å². The van der Waals surface area contributed by atoms with Crippen molar-refractivity contribution in [3.05, 3.63) is 17.7 Å². The monoisotopic (exact) mass is 290 g/mol. The minimum Gasteiger partial charge on any atom is -0.496 e. The zero-order valence-corrected chi connectivity index (χ0v) is 12.8. The lowest BCUT2D eigenvalue weighted by Gasteiger charge is -2.18. The van der Waals surface area contributed by atoms with Gasteiger partial charge in [0.2, 0.25) is 0 Å². The molecule has 1 fully saturated rings. The van der Waals surface area contributed by atoms with E-state index in [1.807, 2.05) is 12.1 Å². The lowest BCUT2D eigenvalue weighted by Crippen LogP contribution is -2.31. The van der Waals surface area contributed by atoms with Crippen molar-refractivity contribution in [1.29, 1.82) is 5.26 Å². The largest absolute Gasteiger partial charge is 0.496 e. The van der Waals surface area contributed by atoms with Crippen LogP contribution in [0.15, 0.2) is 12.1 Å². The second kappa shape index (κ2) is 7.19. The third-order valence-electron chi connectivity index (χ3n) is 4.02. The molecule has 0 bridgehead atoms. The fourth-order valence-corrected chi connectivity index (χ4v) is 2.83. The molecule has 0 aromatic heterocycles. The first-order valence-corrected chi connectivity index (χ1v) is 7.15. The summed E-state index contributed by atoms with van der Waals surface area (Å²) in [5, 5.41) is 12.6. The van der Waals surface area contributed by atoms with Crippen molar-refractivity contribution in [3.8, 4) is 23.3 Å². The molecule has 0 amide bonds. The number of hydrogen-bond acceptors (Lipinski definition) is 5. The highest BCUT2D eigenvalue weighted by Crippen LogP contribution is 2.35. The summed E-state index contributed by atoms with van der Waals surface area (Å²) in [6, 6.07) is 6.38. The number of nitrogens with zero attached hydrogens (tertiary/aromatic N) is 1. The Balaban J connectivity index is 2.13. The number of hydrogen-bond donors (Lipinski definition) is 1. The van der Waals surface area contributed by atoms with Crippen LogP contribution in [-0.2, 0) is 6.54 Å². The number of ether oxygens (including phenoxy) is 3. The van der Waals surface area contributed by atoms with Crippen LogP contribution in [0.1, 0.15) is 24.8 Å². The Hall–Kier alpha value is -1.93.